The van der Waals surface area contributed by atoms with E-state index in [2.05, 4.69) is 21.3 Å². The molecule has 1 unspecified atom stereocenters. The predicted octanol–water partition coefficient (Wildman–Crippen LogP) is 4.36. The molecule has 7 nitrogen and oxygen atoms in total. The second kappa shape index (κ2) is 9.33. The lowest BCUT2D eigenvalue weighted by atomic mass is 9.89. The summed E-state index contributed by atoms with van der Waals surface area (Å²) < 4.78 is 1.91. The molecule has 0 bridgehead atoms. The average molecular weight is 448 g/mol. The lowest BCUT2D eigenvalue weighted by molar-refractivity contribution is -0.122. The van der Waals surface area contributed by atoms with Crippen molar-refractivity contribution in [3.8, 4) is 0 Å². The number of H-pyrrole nitrogens is 1. The molecule has 5 rings (SSSR count). The molecule has 2 heterocycles. The third kappa shape index (κ3) is 4.63. The van der Waals surface area contributed by atoms with Gasteiger partial charge in [-0.1, -0.05) is 37.5 Å². The SMILES string of the molecule is NC(=O)C1CCCN(c2cc3c(cc2Nc2ccccc2)[nH]c(=O)n3CC2CCCCC2)C1. The number of hydrogen-bond donors (Lipinski definition) is 3. The van der Waals surface area contributed by atoms with Crippen molar-refractivity contribution in [2.24, 2.45) is 17.6 Å². The van der Waals surface area contributed by atoms with Crippen molar-refractivity contribution in [3.05, 3.63) is 52.9 Å². The summed E-state index contributed by atoms with van der Waals surface area (Å²) >= 11 is 0. The van der Waals surface area contributed by atoms with Crippen LogP contribution in [0.3, 0.4) is 0 Å². The van der Waals surface area contributed by atoms with Crippen molar-refractivity contribution in [2.75, 3.05) is 23.3 Å². The van der Waals surface area contributed by atoms with Gasteiger partial charge in [0.15, 0.2) is 0 Å². The van der Waals surface area contributed by atoms with Gasteiger partial charge >= 0.3 is 5.69 Å². The molecule has 2 fully saturated rings. The van der Waals surface area contributed by atoms with Gasteiger partial charge in [-0.3, -0.25) is 9.36 Å². The monoisotopic (exact) mass is 447 g/mol. The number of carbonyl (C=O) groups excluding carboxylic acids is 1. The summed E-state index contributed by atoms with van der Waals surface area (Å²) in [4.78, 5) is 30.2. The zero-order chi connectivity index (χ0) is 22.8. The molecular formula is C26H33N5O2. The molecule has 0 spiro atoms. The van der Waals surface area contributed by atoms with E-state index in [1.807, 2.05) is 41.0 Å². The number of benzene rings is 2. The number of aromatic nitrogens is 2. The number of nitrogens with two attached hydrogens (primary N) is 1. The number of imidazole rings is 1. The quantitative estimate of drug-likeness (QED) is 0.523. The van der Waals surface area contributed by atoms with Gasteiger partial charge in [0.05, 0.1) is 28.3 Å². The van der Waals surface area contributed by atoms with E-state index in [0.717, 1.165) is 54.0 Å². The Balaban J connectivity index is 1.56. The van der Waals surface area contributed by atoms with Crippen molar-refractivity contribution in [2.45, 2.75) is 51.5 Å². The van der Waals surface area contributed by atoms with Crippen LogP contribution in [0, 0.1) is 11.8 Å². The Hall–Kier alpha value is -3.22. The number of amides is 1. The lowest BCUT2D eigenvalue weighted by Crippen LogP contribution is -2.41. The van der Waals surface area contributed by atoms with Gasteiger partial charge in [-0.05, 0) is 55.9 Å². The summed E-state index contributed by atoms with van der Waals surface area (Å²) in [5, 5.41) is 3.53. The number of rotatable bonds is 6. The number of carbonyl (C=O) groups is 1. The van der Waals surface area contributed by atoms with Gasteiger partial charge < -0.3 is 20.9 Å². The lowest BCUT2D eigenvalue weighted by Gasteiger charge is -2.34. The Kier molecular flexibility index (Phi) is 6.11. The fraction of sp³-hybridized carbons (Fsp3) is 0.462. The first-order valence-corrected chi connectivity index (χ1v) is 12.2. The van der Waals surface area contributed by atoms with E-state index < -0.39 is 0 Å². The van der Waals surface area contributed by atoms with Crippen LogP contribution < -0.4 is 21.6 Å². The molecule has 33 heavy (non-hydrogen) atoms. The average Bonchev–Trinajstić information content (AvgIpc) is 3.14. The number of nitrogens with one attached hydrogen (secondary N) is 2. The highest BCUT2D eigenvalue weighted by molar-refractivity contribution is 5.90. The molecule has 4 N–H and O–H groups in total. The minimum absolute atomic E-state index is 0.0490. The summed E-state index contributed by atoms with van der Waals surface area (Å²) in [6, 6.07) is 14.2. The van der Waals surface area contributed by atoms with Gasteiger partial charge in [-0.2, -0.15) is 0 Å². The summed E-state index contributed by atoms with van der Waals surface area (Å²) in [6.07, 6.45) is 7.91. The second-order valence-electron chi connectivity index (χ2n) is 9.61. The van der Waals surface area contributed by atoms with Gasteiger partial charge in [0.1, 0.15) is 0 Å². The molecule has 1 aliphatic carbocycles. The smallest absolute Gasteiger partial charge is 0.326 e. The summed E-state index contributed by atoms with van der Waals surface area (Å²) in [5.74, 6) is 0.152. The van der Waals surface area contributed by atoms with E-state index in [0.29, 0.717) is 12.5 Å². The van der Waals surface area contributed by atoms with E-state index in [4.69, 9.17) is 5.73 Å². The van der Waals surface area contributed by atoms with Crippen LogP contribution in [0.1, 0.15) is 44.9 Å². The number of nitrogens with zero attached hydrogens (tertiary/aromatic N) is 2. The number of anilines is 3. The van der Waals surface area contributed by atoms with Crippen LogP contribution in [0.25, 0.3) is 11.0 Å². The zero-order valence-corrected chi connectivity index (χ0v) is 19.1. The van der Waals surface area contributed by atoms with Crippen LogP contribution >= 0.6 is 0 Å². The molecule has 7 heteroatoms. The van der Waals surface area contributed by atoms with Crippen LogP contribution in [0.15, 0.2) is 47.3 Å². The molecule has 1 saturated heterocycles. The Morgan fingerprint density at radius 1 is 1.06 bits per heavy atom. The number of hydrogen-bond acceptors (Lipinski definition) is 4. The molecule has 2 aliphatic rings. The van der Waals surface area contributed by atoms with Crippen molar-refractivity contribution < 1.29 is 4.79 Å². The normalized spacial score (nSPS) is 19.6. The topological polar surface area (TPSA) is 96.2 Å². The summed E-state index contributed by atoms with van der Waals surface area (Å²) in [7, 11) is 0. The van der Waals surface area contributed by atoms with Crippen LogP contribution in [0.4, 0.5) is 17.1 Å². The Morgan fingerprint density at radius 3 is 2.61 bits per heavy atom. The Morgan fingerprint density at radius 2 is 1.85 bits per heavy atom. The molecule has 3 aromatic rings. The maximum Gasteiger partial charge on any atom is 0.326 e. The van der Waals surface area contributed by atoms with Gasteiger partial charge in [-0.15, -0.1) is 0 Å². The van der Waals surface area contributed by atoms with Crippen molar-refractivity contribution in [1.29, 1.82) is 0 Å². The standard InChI is InChI=1S/C26H33N5O2/c27-25(32)19-10-7-13-30(17-19)23-15-24-22(14-21(23)28-20-11-5-2-6-12-20)29-26(33)31(24)16-18-8-3-1-4-9-18/h2,5-6,11-12,14-15,18-19,28H,1,3-4,7-10,13,16-17H2,(H2,27,32)(H,29,33). The van der Waals surface area contributed by atoms with Crippen LogP contribution in [0.5, 0.6) is 0 Å². The number of piperidine rings is 1. The number of primary amides is 1. The highest BCUT2D eigenvalue weighted by Crippen LogP contribution is 2.36. The van der Waals surface area contributed by atoms with Crippen LogP contribution in [0.2, 0.25) is 0 Å². The fourth-order valence-electron chi connectivity index (χ4n) is 5.47. The molecule has 1 aromatic heterocycles. The van der Waals surface area contributed by atoms with E-state index >= 15 is 0 Å². The maximum atomic E-state index is 12.9. The van der Waals surface area contributed by atoms with Crippen molar-refractivity contribution in [1.82, 2.24) is 9.55 Å². The van der Waals surface area contributed by atoms with Gasteiger partial charge in [0, 0.05) is 25.3 Å². The summed E-state index contributed by atoms with van der Waals surface area (Å²) in [5.41, 5.74) is 10.3. The first-order chi connectivity index (χ1) is 16.1. The zero-order valence-electron chi connectivity index (χ0n) is 19.1. The number of aromatic amines is 1. The summed E-state index contributed by atoms with van der Waals surface area (Å²) in [6.45, 7) is 2.21. The van der Waals surface area contributed by atoms with E-state index in [9.17, 15) is 9.59 Å². The van der Waals surface area contributed by atoms with Gasteiger partial charge in [0.25, 0.3) is 0 Å². The highest BCUT2D eigenvalue weighted by Gasteiger charge is 2.27. The molecule has 1 aliphatic heterocycles. The Labute approximate surface area is 194 Å². The van der Waals surface area contributed by atoms with Crippen LogP contribution in [-0.2, 0) is 11.3 Å². The minimum Gasteiger partial charge on any atom is -0.369 e. The predicted molar refractivity (Wildman–Crippen MR) is 133 cm³/mol. The first-order valence-electron chi connectivity index (χ1n) is 12.2. The fourth-order valence-corrected chi connectivity index (χ4v) is 5.47. The third-order valence-electron chi connectivity index (χ3n) is 7.27. The molecule has 2 aromatic carbocycles. The Bertz CT molecular complexity index is 1180. The molecule has 0 radical (unpaired) electrons. The number of fused-ring (bicyclic) bond motifs is 1. The van der Waals surface area contributed by atoms with E-state index in [1.54, 1.807) is 0 Å². The van der Waals surface area contributed by atoms with Crippen LogP contribution in [-0.4, -0.2) is 28.5 Å². The molecular weight excluding hydrogens is 414 g/mol. The molecule has 174 valence electrons. The molecule has 1 atom stereocenters. The molecule has 1 amide bonds. The van der Waals surface area contributed by atoms with Gasteiger partial charge in [-0.25, -0.2) is 4.79 Å². The largest absolute Gasteiger partial charge is 0.369 e. The van der Waals surface area contributed by atoms with Crippen molar-refractivity contribution >= 4 is 34.0 Å². The van der Waals surface area contributed by atoms with Gasteiger partial charge in [0.2, 0.25) is 5.91 Å². The number of para-hydroxylation sites is 1. The van der Waals surface area contributed by atoms with E-state index in [-0.39, 0.29) is 17.5 Å². The maximum absolute atomic E-state index is 12.9. The first kappa shape index (κ1) is 21.6. The second-order valence-corrected chi connectivity index (χ2v) is 9.61. The molecule has 1 saturated carbocycles. The highest BCUT2D eigenvalue weighted by atomic mass is 16.1. The minimum atomic E-state index is -0.241. The third-order valence-corrected chi connectivity index (χ3v) is 7.27. The van der Waals surface area contributed by atoms with E-state index in [1.165, 1.54) is 32.1 Å². The van der Waals surface area contributed by atoms with Crippen molar-refractivity contribution in [3.63, 3.8) is 0 Å².